The predicted molar refractivity (Wildman–Crippen MR) is 113 cm³/mol. The van der Waals surface area contributed by atoms with Crippen molar-refractivity contribution in [2.24, 2.45) is 17.8 Å². The summed E-state index contributed by atoms with van der Waals surface area (Å²) in [6.07, 6.45) is -6.76. The lowest BCUT2D eigenvalue weighted by molar-refractivity contribution is -0.344. The minimum atomic E-state index is -2.13. The van der Waals surface area contributed by atoms with Crippen molar-refractivity contribution in [2.45, 2.75) is 37.2 Å². The lowest BCUT2D eigenvalue weighted by Crippen LogP contribution is -2.59. The number of aliphatic hydroxyl groups is 6. The van der Waals surface area contributed by atoms with Gasteiger partial charge in [-0.15, -0.1) is 0 Å². The van der Waals surface area contributed by atoms with Crippen molar-refractivity contribution in [1.29, 1.82) is 5.26 Å². The predicted octanol–water partition coefficient (Wildman–Crippen LogP) is 0.165. The fraction of sp³-hybridized carbons (Fsp3) is 0.435. The molecule has 33 heavy (non-hydrogen) atoms. The summed E-state index contributed by atoms with van der Waals surface area (Å²) in [4.78, 5) is 0. The molecule has 4 rings (SSSR count). The molecule has 2 aromatic carbocycles. The maximum atomic E-state index is 10.2. The van der Waals surface area contributed by atoms with Gasteiger partial charge in [-0.25, -0.2) is 0 Å². The van der Waals surface area contributed by atoms with Crippen LogP contribution in [0.15, 0.2) is 42.5 Å². The maximum absolute atomic E-state index is 10.2. The van der Waals surface area contributed by atoms with Gasteiger partial charge in [0.2, 0.25) is 5.79 Å². The minimum Gasteiger partial charge on any atom is -0.368 e. The van der Waals surface area contributed by atoms with E-state index in [1.165, 1.54) is 0 Å². The number of benzene rings is 2. The Labute approximate surface area is 194 Å². The minimum absolute atomic E-state index is 0.123. The topological polar surface area (TPSA) is 164 Å². The molecular formula is C23H24ClNO8. The quantitative estimate of drug-likeness (QED) is 0.318. The Morgan fingerprint density at radius 1 is 0.970 bits per heavy atom. The third kappa shape index (κ3) is 4.26. The second-order valence-corrected chi connectivity index (χ2v) is 8.76. The number of halogens is 1. The van der Waals surface area contributed by atoms with Gasteiger partial charge in [-0.3, -0.25) is 0 Å². The van der Waals surface area contributed by atoms with Crippen LogP contribution in [0.5, 0.6) is 0 Å². The first-order valence-electron chi connectivity index (χ1n) is 10.4. The molecule has 2 fully saturated rings. The Bertz CT molecular complexity index is 1040. The average molecular weight is 478 g/mol. The summed E-state index contributed by atoms with van der Waals surface area (Å²) in [5.41, 5.74) is 2.44. The van der Waals surface area contributed by atoms with E-state index in [1.807, 2.05) is 0 Å². The van der Waals surface area contributed by atoms with Gasteiger partial charge in [-0.05, 0) is 41.8 Å². The highest BCUT2D eigenvalue weighted by atomic mass is 35.5. The number of aliphatic hydroxyl groups excluding tert-OH is 3. The Kier molecular flexibility index (Phi) is 6.75. The molecule has 2 saturated heterocycles. The van der Waals surface area contributed by atoms with Crippen LogP contribution in [-0.4, -0.2) is 62.2 Å². The highest BCUT2D eigenvalue weighted by molar-refractivity contribution is 6.31. The Morgan fingerprint density at radius 3 is 2.21 bits per heavy atom. The fourth-order valence-electron chi connectivity index (χ4n) is 4.96. The normalized spacial score (nSPS) is 29.1. The van der Waals surface area contributed by atoms with Gasteiger partial charge in [-0.1, -0.05) is 29.8 Å². The molecule has 10 heteroatoms. The molecule has 2 aliphatic heterocycles. The molecule has 0 aromatic heterocycles. The van der Waals surface area contributed by atoms with Gasteiger partial charge in [-0.2, -0.15) is 5.26 Å². The van der Waals surface area contributed by atoms with Crippen LogP contribution in [0, 0.1) is 29.1 Å². The number of rotatable bonds is 6. The molecule has 2 bridgehead atoms. The summed E-state index contributed by atoms with van der Waals surface area (Å²) in [6.45, 7) is -0.123. The van der Waals surface area contributed by atoms with Gasteiger partial charge in [0.25, 0.3) is 0 Å². The molecule has 9 nitrogen and oxygen atoms in total. The smallest absolute Gasteiger partial charge is 0.203 e. The van der Waals surface area contributed by atoms with Crippen molar-refractivity contribution in [1.82, 2.24) is 0 Å². The van der Waals surface area contributed by atoms with Crippen molar-refractivity contribution in [3.05, 3.63) is 69.7 Å². The van der Waals surface area contributed by atoms with E-state index in [-0.39, 0.29) is 6.61 Å². The zero-order valence-electron chi connectivity index (χ0n) is 17.3. The van der Waals surface area contributed by atoms with E-state index in [0.29, 0.717) is 28.1 Å². The summed E-state index contributed by atoms with van der Waals surface area (Å²) in [5.74, 6) is -5.82. The molecule has 0 saturated carbocycles. The van der Waals surface area contributed by atoms with Gasteiger partial charge in [0, 0.05) is 22.4 Å². The van der Waals surface area contributed by atoms with E-state index < -0.39 is 48.5 Å². The molecule has 2 heterocycles. The number of hydrogen-bond donors (Lipinski definition) is 6. The fourth-order valence-corrected chi connectivity index (χ4v) is 5.15. The van der Waals surface area contributed by atoms with E-state index in [0.717, 1.165) is 5.56 Å². The van der Waals surface area contributed by atoms with E-state index in [4.69, 9.17) is 26.3 Å². The van der Waals surface area contributed by atoms with Gasteiger partial charge in [0.1, 0.15) is 0 Å². The second kappa shape index (κ2) is 9.27. The lowest BCUT2D eigenvalue weighted by Gasteiger charge is -2.49. The third-order valence-corrected chi connectivity index (χ3v) is 6.82. The first kappa shape index (κ1) is 24.0. The lowest BCUT2D eigenvalue weighted by atomic mass is 9.70. The van der Waals surface area contributed by atoms with Crippen molar-refractivity contribution < 1.29 is 40.1 Å². The Balaban J connectivity index is 1.75. The molecule has 0 unspecified atom stereocenters. The largest absolute Gasteiger partial charge is 0.368 e. The van der Waals surface area contributed by atoms with Crippen LogP contribution in [-0.2, 0) is 21.7 Å². The van der Waals surface area contributed by atoms with E-state index >= 15 is 0 Å². The van der Waals surface area contributed by atoms with Crippen LogP contribution >= 0.6 is 11.6 Å². The molecule has 2 aromatic rings. The molecule has 0 amide bonds. The summed E-state index contributed by atoms with van der Waals surface area (Å²) >= 11 is 6.41. The number of hydrogen-bond acceptors (Lipinski definition) is 9. The Hall–Kier alpha value is -2.10. The van der Waals surface area contributed by atoms with Crippen LogP contribution in [0.25, 0.3) is 0 Å². The molecule has 0 spiro atoms. The number of ether oxygens (including phenoxy) is 2. The molecule has 0 radical (unpaired) electrons. The van der Waals surface area contributed by atoms with Crippen molar-refractivity contribution in [3.8, 4) is 6.07 Å². The maximum Gasteiger partial charge on any atom is 0.203 e. The Morgan fingerprint density at radius 2 is 1.64 bits per heavy atom. The standard InChI is InChI=1S/C23H24ClNO8/c24-15-6-5-14(8-13(15)7-11-1-3-12(9-25)4-2-11)23-19(22(30)31)18(21(28)29)17(20(26)27)16(33-23)10-32-23/h1-6,8,16-22,26-31H,7,10H2/t16-,17-,18+,19+,23-/m1/s1. The van der Waals surface area contributed by atoms with Crippen molar-refractivity contribution in [2.75, 3.05) is 6.61 Å². The summed E-state index contributed by atoms with van der Waals surface area (Å²) in [6, 6.07) is 13.9. The second-order valence-electron chi connectivity index (χ2n) is 8.35. The zero-order valence-corrected chi connectivity index (χ0v) is 18.1. The summed E-state index contributed by atoms with van der Waals surface area (Å²) in [7, 11) is 0. The van der Waals surface area contributed by atoms with E-state index in [2.05, 4.69) is 6.07 Å². The highest BCUT2D eigenvalue weighted by Gasteiger charge is 2.65. The van der Waals surface area contributed by atoms with Crippen LogP contribution in [0.2, 0.25) is 5.02 Å². The first-order chi connectivity index (χ1) is 15.7. The van der Waals surface area contributed by atoms with Gasteiger partial charge < -0.3 is 40.1 Å². The van der Waals surface area contributed by atoms with E-state index in [9.17, 15) is 30.6 Å². The zero-order chi connectivity index (χ0) is 23.9. The molecule has 2 aliphatic rings. The summed E-state index contributed by atoms with van der Waals surface area (Å²) in [5, 5.41) is 69.6. The molecule has 5 atom stereocenters. The van der Waals surface area contributed by atoms with Gasteiger partial charge in [0.05, 0.1) is 30.3 Å². The van der Waals surface area contributed by atoms with E-state index in [1.54, 1.807) is 42.5 Å². The number of fused-ring (bicyclic) bond motifs is 2. The average Bonchev–Trinajstić information content (AvgIpc) is 3.14. The van der Waals surface area contributed by atoms with Crippen LogP contribution in [0.3, 0.4) is 0 Å². The SMILES string of the molecule is N#Cc1ccc(Cc2cc([C@@]34OC[C@@H](O3)[C@@H](C(O)O)[C@H](C(O)O)[C@H]4C(O)O)ccc2Cl)cc1. The third-order valence-electron chi connectivity index (χ3n) is 6.45. The number of nitrogens with zero attached hydrogens (tertiary/aromatic N) is 1. The summed E-state index contributed by atoms with van der Waals surface area (Å²) < 4.78 is 11.9. The molecular weight excluding hydrogens is 454 g/mol. The molecule has 176 valence electrons. The van der Waals surface area contributed by atoms with Crippen molar-refractivity contribution in [3.63, 3.8) is 0 Å². The van der Waals surface area contributed by atoms with Gasteiger partial charge >= 0.3 is 0 Å². The van der Waals surface area contributed by atoms with Crippen molar-refractivity contribution >= 4 is 11.6 Å². The van der Waals surface area contributed by atoms with Gasteiger partial charge in [0.15, 0.2) is 18.9 Å². The van der Waals surface area contributed by atoms with Crippen LogP contribution in [0.4, 0.5) is 0 Å². The van der Waals surface area contributed by atoms with Crippen LogP contribution < -0.4 is 0 Å². The first-order valence-corrected chi connectivity index (χ1v) is 10.7. The monoisotopic (exact) mass is 477 g/mol. The van der Waals surface area contributed by atoms with Crippen LogP contribution in [0.1, 0.15) is 22.3 Å². The molecule has 0 aliphatic carbocycles. The molecule has 6 N–H and O–H groups in total. The highest BCUT2D eigenvalue weighted by Crippen LogP contribution is 2.55. The number of nitriles is 1.